The van der Waals surface area contributed by atoms with E-state index in [9.17, 15) is 13.2 Å². The maximum Gasteiger partial charge on any atom is 0.252 e. The first-order valence-corrected chi connectivity index (χ1v) is 9.50. The molecule has 1 aromatic rings. The Labute approximate surface area is 140 Å². The minimum absolute atomic E-state index is 0.0141. The van der Waals surface area contributed by atoms with Crippen molar-refractivity contribution < 1.29 is 17.9 Å². The summed E-state index contributed by atoms with van der Waals surface area (Å²) < 4.78 is 31.9. The molecule has 0 aromatic carbocycles. The number of ether oxygens (including phenoxy) is 1. The summed E-state index contributed by atoms with van der Waals surface area (Å²) in [5.41, 5.74) is 0. The van der Waals surface area contributed by atoms with Gasteiger partial charge in [0.15, 0.2) is 0 Å². The molecule has 0 saturated carbocycles. The van der Waals surface area contributed by atoms with Gasteiger partial charge >= 0.3 is 0 Å². The molecule has 21 heavy (non-hydrogen) atoms. The Kier molecular flexibility index (Phi) is 5.66. The zero-order chi connectivity index (χ0) is 15.6. The van der Waals surface area contributed by atoms with E-state index in [-0.39, 0.29) is 29.8 Å². The van der Waals surface area contributed by atoms with Crippen LogP contribution in [0.5, 0.6) is 0 Å². The standard InChI is InChI=1S/C11H14BrClN2O4S2/c1-19-7-9(16)14-2-4-15(5-3-14)21(17,18)10-6-8(13)11(12)20-10/h6H,2-5,7H2,1H3. The first-order chi connectivity index (χ1) is 9.86. The van der Waals surface area contributed by atoms with Crippen molar-refractivity contribution >= 4 is 54.8 Å². The fourth-order valence-electron chi connectivity index (χ4n) is 1.97. The van der Waals surface area contributed by atoms with Crippen molar-refractivity contribution in [3.05, 3.63) is 14.9 Å². The van der Waals surface area contributed by atoms with Gasteiger partial charge in [-0.1, -0.05) is 11.6 Å². The van der Waals surface area contributed by atoms with E-state index in [1.54, 1.807) is 4.90 Å². The topological polar surface area (TPSA) is 66.9 Å². The lowest BCUT2D eigenvalue weighted by Crippen LogP contribution is -2.51. The van der Waals surface area contributed by atoms with Gasteiger partial charge in [-0.25, -0.2) is 8.42 Å². The van der Waals surface area contributed by atoms with Crippen LogP contribution in [0.2, 0.25) is 5.02 Å². The summed E-state index contributed by atoms with van der Waals surface area (Å²) >= 11 is 10.2. The third-order valence-corrected chi connectivity index (χ3v) is 7.90. The molecule has 10 heteroatoms. The number of hydrogen-bond donors (Lipinski definition) is 0. The second-order valence-electron chi connectivity index (χ2n) is 4.40. The van der Waals surface area contributed by atoms with Gasteiger partial charge in [-0.15, -0.1) is 11.3 Å². The molecule has 0 N–H and O–H groups in total. The highest BCUT2D eigenvalue weighted by Gasteiger charge is 2.31. The average molecular weight is 418 g/mol. The average Bonchev–Trinajstić information content (AvgIpc) is 2.80. The summed E-state index contributed by atoms with van der Waals surface area (Å²) in [4.78, 5) is 13.3. The van der Waals surface area contributed by atoms with E-state index in [0.717, 1.165) is 11.3 Å². The molecule has 0 radical (unpaired) electrons. The Morgan fingerprint density at radius 3 is 2.52 bits per heavy atom. The number of nitrogens with zero attached hydrogens (tertiary/aromatic N) is 2. The van der Waals surface area contributed by atoms with Crippen LogP contribution < -0.4 is 0 Å². The van der Waals surface area contributed by atoms with E-state index in [2.05, 4.69) is 15.9 Å². The van der Waals surface area contributed by atoms with Crippen molar-refractivity contribution in [2.24, 2.45) is 0 Å². The molecule has 1 saturated heterocycles. The number of carbonyl (C=O) groups excluding carboxylic acids is 1. The molecule has 118 valence electrons. The van der Waals surface area contributed by atoms with Crippen LogP contribution in [-0.4, -0.2) is 63.4 Å². The second kappa shape index (κ2) is 6.93. The Hall–Kier alpha value is -0.190. The van der Waals surface area contributed by atoms with Crippen molar-refractivity contribution in [3.63, 3.8) is 0 Å². The smallest absolute Gasteiger partial charge is 0.252 e. The summed E-state index contributed by atoms with van der Waals surface area (Å²) in [5.74, 6) is -0.128. The Morgan fingerprint density at radius 2 is 2.05 bits per heavy atom. The van der Waals surface area contributed by atoms with Gasteiger partial charge in [-0.3, -0.25) is 4.79 Å². The van der Waals surface area contributed by atoms with Crippen LogP contribution in [-0.2, 0) is 19.6 Å². The molecule has 2 heterocycles. The van der Waals surface area contributed by atoms with Crippen molar-refractivity contribution in [2.75, 3.05) is 39.9 Å². The lowest BCUT2D eigenvalue weighted by Gasteiger charge is -2.33. The third-order valence-electron chi connectivity index (χ3n) is 3.08. The highest BCUT2D eigenvalue weighted by Crippen LogP contribution is 2.36. The van der Waals surface area contributed by atoms with Crippen LogP contribution in [0.15, 0.2) is 14.1 Å². The van der Waals surface area contributed by atoms with Gasteiger partial charge in [0.1, 0.15) is 10.8 Å². The fourth-order valence-corrected chi connectivity index (χ4v) is 5.95. The molecule has 0 atom stereocenters. The van der Waals surface area contributed by atoms with E-state index >= 15 is 0 Å². The van der Waals surface area contributed by atoms with Crippen LogP contribution in [0.4, 0.5) is 0 Å². The molecule has 6 nitrogen and oxygen atoms in total. The van der Waals surface area contributed by atoms with Gasteiger partial charge in [0.25, 0.3) is 10.0 Å². The molecule has 1 fully saturated rings. The van der Waals surface area contributed by atoms with E-state index < -0.39 is 10.0 Å². The van der Waals surface area contributed by atoms with Crippen molar-refractivity contribution in [1.82, 2.24) is 9.21 Å². The van der Waals surface area contributed by atoms with Crippen LogP contribution >= 0.6 is 38.9 Å². The molecule has 1 amide bonds. The number of halogens is 2. The first kappa shape index (κ1) is 17.2. The minimum Gasteiger partial charge on any atom is -0.375 e. The minimum atomic E-state index is -3.56. The van der Waals surface area contributed by atoms with Crippen molar-refractivity contribution in [3.8, 4) is 0 Å². The number of thiophene rings is 1. The first-order valence-electron chi connectivity index (χ1n) is 6.08. The van der Waals surface area contributed by atoms with Gasteiger partial charge in [0, 0.05) is 33.3 Å². The number of rotatable bonds is 4. The predicted octanol–water partition coefficient (Wildman–Crippen LogP) is 1.64. The zero-order valence-corrected chi connectivity index (χ0v) is 15.2. The highest BCUT2D eigenvalue weighted by atomic mass is 79.9. The molecule has 1 aromatic heterocycles. The third kappa shape index (κ3) is 3.77. The van der Waals surface area contributed by atoms with E-state index in [1.165, 1.54) is 17.5 Å². The van der Waals surface area contributed by atoms with E-state index in [1.807, 2.05) is 0 Å². The number of carbonyl (C=O) groups is 1. The number of piperazine rings is 1. The predicted molar refractivity (Wildman–Crippen MR) is 84.2 cm³/mol. The number of amides is 1. The Morgan fingerprint density at radius 1 is 1.43 bits per heavy atom. The molecule has 0 spiro atoms. The number of sulfonamides is 1. The Bertz CT molecular complexity index is 607. The van der Waals surface area contributed by atoms with E-state index in [0.29, 0.717) is 21.9 Å². The van der Waals surface area contributed by atoms with Crippen LogP contribution in [0.1, 0.15) is 0 Å². The summed E-state index contributed by atoms with van der Waals surface area (Å²) in [7, 11) is -2.10. The molecular weight excluding hydrogens is 404 g/mol. The van der Waals surface area contributed by atoms with E-state index in [4.69, 9.17) is 16.3 Å². The quantitative estimate of drug-likeness (QED) is 0.747. The monoisotopic (exact) mass is 416 g/mol. The van der Waals surface area contributed by atoms with Crippen LogP contribution in [0, 0.1) is 0 Å². The summed E-state index contributed by atoms with van der Waals surface area (Å²) in [6.45, 7) is 1.28. The summed E-state index contributed by atoms with van der Waals surface area (Å²) in [6, 6.07) is 1.44. The maximum atomic E-state index is 12.5. The van der Waals surface area contributed by atoms with Crippen molar-refractivity contribution in [2.45, 2.75) is 4.21 Å². The molecule has 0 bridgehead atoms. The molecule has 1 aliphatic rings. The van der Waals surface area contributed by atoms with Gasteiger partial charge < -0.3 is 9.64 Å². The summed E-state index contributed by atoms with van der Waals surface area (Å²) in [6.07, 6.45) is 0. The normalized spacial score (nSPS) is 17.2. The number of methoxy groups -OCH3 is 1. The zero-order valence-electron chi connectivity index (χ0n) is 11.2. The Balaban J connectivity index is 2.06. The second-order valence-corrected chi connectivity index (χ2v) is 9.35. The van der Waals surface area contributed by atoms with Crippen LogP contribution in [0.3, 0.4) is 0 Å². The highest BCUT2D eigenvalue weighted by molar-refractivity contribution is 9.11. The van der Waals surface area contributed by atoms with Crippen molar-refractivity contribution in [1.29, 1.82) is 0 Å². The summed E-state index contributed by atoms with van der Waals surface area (Å²) in [5, 5.41) is 0.382. The largest absolute Gasteiger partial charge is 0.375 e. The molecule has 2 rings (SSSR count). The van der Waals surface area contributed by atoms with Gasteiger partial charge in [0.05, 0.1) is 8.81 Å². The lowest BCUT2D eigenvalue weighted by molar-refractivity contribution is -0.136. The lowest BCUT2D eigenvalue weighted by atomic mass is 10.3. The van der Waals surface area contributed by atoms with Gasteiger partial charge in [0.2, 0.25) is 5.91 Å². The van der Waals surface area contributed by atoms with Crippen LogP contribution in [0.25, 0.3) is 0 Å². The number of hydrogen-bond acceptors (Lipinski definition) is 5. The fraction of sp³-hybridized carbons (Fsp3) is 0.545. The molecule has 0 unspecified atom stereocenters. The SMILES string of the molecule is COCC(=O)N1CCN(S(=O)(=O)c2cc(Cl)c(Br)s2)CC1. The maximum absolute atomic E-state index is 12.5. The molecule has 1 aliphatic heterocycles. The molecular formula is C11H14BrClN2O4S2. The van der Waals surface area contributed by atoms with Gasteiger partial charge in [-0.2, -0.15) is 4.31 Å². The molecule has 0 aliphatic carbocycles. The van der Waals surface area contributed by atoms with Gasteiger partial charge in [-0.05, 0) is 22.0 Å².